The Morgan fingerprint density at radius 3 is 2.49 bits per heavy atom. The van der Waals surface area contributed by atoms with E-state index in [0.29, 0.717) is 26.2 Å². The molecule has 0 saturated carbocycles. The van der Waals surface area contributed by atoms with Gasteiger partial charge in [-0.15, -0.1) is 0 Å². The Morgan fingerprint density at radius 2 is 1.77 bits per heavy atom. The largest absolute Gasteiger partial charge is 0.495 e. The van der Waals surface area contributed by atoms with Gasteiger partial charge in [-0.3, -0.25) is 9.59 Å². The second-order valence-corrected chi connectivity index (χ2v) is 8.66. The van der Waals surface area contributed by atoms with Crippen LogP contribution in [0.5, 0.6) is 5.75 Å². The molecule has 188 valence electrons. The van der Waals surface area contributed by atoms with E-state index in [2.05, 4.69) is 10.2 Å². The predicted molar refractivity (Wildman–Crippen MR) is 126 cm³/mol. The van der Waals surface area contributed by atoms with Gasteiger partial charge in [0.25, 0.3) is 5.91 Å². The third-order valence-electron chi connectivity index (χ3n) is 6.45. The normalized spacial score (nSPS) is 24.3. The summed E-state index contributed by atoms with van der Waals surface area (Å²) >= 11 is 0. The van der Waals surface area contributed by atoms with Crippen LogP contribution in [0.2, 0.25) is 0 Å². The molecule has 2 aliphatic heterocycles. The number of carbonyl (C=O) groups excluding carboxylic acids is 2. The van der Waals surface area contributed by atoms with Gasteiger partial charge in [-0.05, 0) is 30.3 Å². The van der Waals surface area contributed by atoms with Crippen molar-refractivity contribution in [3.8, 4) is 5.75 Å². The smallest absolute Gasteiger partial charge is 0.251 e. The van der Waals surface area contributed by atoms with Crippen molar-refractivity contribution < 1.29 is 33.7 Å². The van der Waals surface area contributed by atoms with Gasteiger partial charge >= 0.3 is 0 Å². The molecule has 0 spiro atoms. The summed E-state index contributed by atoms with van der Waals surface area (Å²) in [7, 11) is 1.63. The number of benzene rings is 2. The van der Waals surface area contributed by atoms with Gasteiger partial charge in [-0.25, -0.2) is 4.39 Å². The number of nitrogens with zero attached hydrogens (tertiary/aromatic N) is 2. The highest BCUT2D eigenvalue weighted by molar-refractivity contribution is 5.94. The molecule has 9 nitrogen and oxygen atoms in total. The monoisotopic (exact) mass is 487 g/mol. The molecule has 0 aliphatic carbocycles. The van der Waals surface area contributed by atoms with Crippen LogP contribution < -0.4 is 15.0 Å². The zero-order chi connectivity index (χ0) is 24.9. The fourth-order valence-electron chi connectivity index (χ4n) is 4.48. The summed E-state index contributed by atoms with van der Waals surface area (Å²) < 4.78 is 24.5. The average Bonchev–Trinajstić information content (AvgIpc) is 3.15. The third-order valence-corrected chi connectivity index (χ3v) is 6.45. The van der Waals surface area contributed by atoms with E-state index in [4.69, 9.17) is 9.47 Å². The van der Waals surface area contributed by atoms with Crippen LogP contribution in [0, 0.1) is 5.82 Å². The molecule has 2 aliphatic rings. The molecule has 10 heteroatoms. The number of piperazine rings is 1. The second-order valence-electron chi connectivity index (χ2n) is 8.66. The number of nitrogens with one attached hydrogen (secondary N) is 1. The molecule has 35 heavy (non-hydrogen) atoms. The van der Waals surface area contributed by atoms with Crippen molar-refractivity contribution in [3.05, 3.63) is 59.9 Å². The Bertz CT molecular complexity index is 1050. The Morgan fingerprint density at radius 1 is 1.06 bits per heavy atom. The Labute approximate surface area is 203 Å². The van der Waals surface area contributed by atoms with Gasteiger partial charge in [0, 0.05) is 38.3 Å². The number of hydrogen-bond donors (Lipinski definition) is 3. The van der Waals surface area contributed by atoms with Crippen LogP contribution in [-0.4, -0.2) is 91.2 Å². The average molecular weight is 488 g/mol. The van der Waals surface area contributed by atoms with Crippen molar-refractivity contribution in [2.45, 2.75) is 30.8 Å². The summed E-state index contributed by atoms with van der Waals surface area (Å²) in [5, 5.41) is 23.3. The molecule has 0 bridgehead atoms. The first-order chi connectivity index (χ1) is 16.9. The summed E-state index contributed by atoms with van der Waals surface area (Å²) in [4.78, 5) is 29.0. The first kappa shape index (κ1) is 24.9. The number of halogens is 1. The summed E-state index contributed by atoms with van der Waals surface area (Å²) in [5.41, 5.74) is 1.11. The fraction of sp³-hybridized carbons (Fsp3) is 0.440. The first-order valence-electron chi connectivity index (χ1n) is 11.6. The number of rotatable bonds is 7. The van der Waals surface area contributed by atoms with Gasteiger partial charge in [-0.1, -0.05) is 18.2 Å². The van der Waals surface area contributed by atoms with Gasteiger partial charge in [0.05, 0.1) is 25.3 Å². The molecule has 0 unspecified atom stereocenters. The molecule has 2 amide bonds. The van der Waals surface area contributed by atoms with Crippen LogP contribution in [-0.2, 0) is 9.53 Å². The predicted octanol–water partition coefficient (Wildman–Crippen LogP) is 0.792. The van der Waals surface area contributed by atoms with Gasteiger partial charge in [0.1, 0.15) is 29.9 Å². The molecule has 2 saturated heterocycles. The number of hydrogen-bond acceptors (Lipinski definition) is 7. The van der Waals surface area contributed by atoms with E-state index in [-0.39, 0.29) is 24.4 Å². The van der Waals surface area contributed by atoms with E-state index in [1.807, 2.05) is 24.3 Å². The quantitative estimate of drug-likeness (QED) is 0.530. The maximum absolute atomic E-state index is 13.3. The lowest BCUT2D eigenvalue weighted by atomic mass is 10.0. The maximum Gasteiger partial charge on any atom is 0.251 e. The van der Waals surface area contributed by atoms with Crippen molar-refractivity contribution >= 4 is 17.5 Å². The van der Waals surface area contributed by atoms with E-state index in [9.17, 15) is 24.2 Å². The summed E-state index contributed by atoms with van der Waals surface area (Å²) in [6.07, 6.45) is -4.38. The molecule has 2 aromatic rings. The van der Waals surface area contributed by atoms with Crippen LogP contribution in [0.15, 0.2) is 48.5 Å². The van der Waals surface area contributed by atoms with Crippen LogP contribution in [0.4, 0.5) is 10.1 Å². The van der Waals surface area contributed by atoms with Crippen LogP contribution in [0.25, 0.3) is 0 Å². The topological polar surface area (TPSA) is 112 Å². The molecular formula is C25H30FN3O6. The molecule has 2 heterocycles. The Hall–Kier alpha value is -3.21. The number of para-hydroxylation sites is 2. The SMILES string of the molecule is COc1ccccc1N1CCN(C(=O)C[C@@H]2O[C@H](CNC(=O)c3cccc(F)c3)[C@@H](O)[C@H]2O)CC1. The highest BCUT2D eigenvalue weighted by Gasteiger charge is 2.44. The second kappa shape index (κ2) is 11.0. The van der Waals surface area contributed by atoms with Gasteiger partial charge in [-0.2, -0.15) is 0 Å². The molecule has 0 aromatic heterocycles. The van der Waals surface area contributed by atoms with Crippen molar-refractivity contribution in [1.82, 2.24) is 10.2 Å². The summed E-state index contributed by atoms with van der Waals surface area (Å²) in [5.74, 6) is -0.459. The highest BCUT2D eigenvalue weighted by Crippen LogP contribution is 2.29. The van der Waals surface area contributed by atoms with Crippen molar-refractivity contribution in [1.29, 1.82) is 0 Å². The zero-order valence-corrected chi connectivity index (χ0v) is 19.5. The minimum Gasteiger partial charge on any atom is -0.495 e. The number of aliphatic hydroxyl groups excluding tert-OH is 2. The number of ether oxygens (including phenoxy) is 2. The standard InChI is InChI=1S/C25H30FN3O6/c1-34-19-8-3-2-7-18(19)28-9-11-29(12-10-28)22(30)14-20-23(31)24(32)21(35-20)15-27-25(33)16-5-4-6-17(26)13-16/h2-8,13,20-21,23-24,31-32H,9-12,14-15H2,1H3,(H,27,33)/t20-,21+,23-,24+/m0/s1. The van der Waals surface area contributed by atoms with E-state index < -0.39 is 36.1 Å². The van der Waals surface area contributed by atoms with Gasteiger partial charge < -0.3 is 34.8 Å². The van der Waals surface area contributed by atoms with Gasteiger partial charge in [0.15, 0.2) is 0 Å². The summed E-state index contributed by atoms with van der Waals surface area (Å²) in [6, 6.07) is 12.9. The molecular weight excluding hydrogens is 457 g/mol. The molecule has 4 atom stereocenters. The minimum absolute atomic E-state index is 0.0821. The zero-order valence-electron chi connectivity index (χ0n) is 19.5. The Balaban J connectivity index is 1.27. The van der Waals surface area contributed by atoms with E-state index >= 15 is 0 Å². The van der Waals surface area contributed by atoms with E-state index in [1.165, 1.54) is 18.2 Å². The minimum atomic E-state index is -1.26. The van der Waals surface area contributed by atoms with Crippen LogP contribution >= 0.6 is 0 Å². The van der Waals surface area contributed by atoms with E-state index in [0.717, 1.165) is 17.5 Å². The maximum atomic E-state index is 13.3. The molecule has 3 N–H and O–H groups in total. The first-order valence-corrected chi connectivity index (χ1v) is 11.6. The van der Waals surface area contributed by atoms with Crippen LogP contribution in [0.3, 0.4) is 0 Å². The summed E-state index contributed by atoms with van der Waals surface area (Å²) in [6.45, 7) is 2.20. The number of methoxy groups -OCH3 is 1. The van der Waals surface area contributed by atoms with Crippen molar-refractivity contribution in [3.63, 3.8) is 0 Å². The molecule has 2 fully saturated rings. The highest BCUT2D eigenvalue weighted by atomic mass is 19.1. The molecule has 2 aromatic carbocycles. The lowest BCUT2D eigenvalue weighted by Crippen LogP contribution is -2.50. The number of anilines is 1. The fourth-order valence-corrected chi connectivity index (χ4v) is 4.48. The Kier molecular flexibility index (Phi) is 7.84. The third kappa shape index (κ3) is 5.72. The number of amides is 2. The lowest BCUT2D eigenvalue weighted by molar-refractivity contribution is -0.135. The van der Waals surface area contributed by atoms with Crippen molar-refractivity contribution in [2.75, 3.05) is 44.7 Å². The molecule has 0 radical (unpaired) electrons. The van der Waals surface area contributed by atoms with E-state index in [1.54, 1.807) is 12.0 Å². The molecule has 4 rings (SSSR count). The number of aliphatic hydroxyl groups is 2. The number of carbonyl (C=O) groups is 2. The van der Waals surface area contributed by atoms with Crippen LogP contribution in [0.1, 0.15) is 16.8 Å². The van der Waals surface area contributed by atoms with Gasteiger partial charge in [0.2, 0.25) is 5.91 Å². The van der Waals surface area contributed by atoms with Crippen molar-refractivity contribution in [2.24, 2.45) is 0 Å². The lowest BCUT2D eigenvalue weighted by Gasteiger charge is -2.37.